The molecule has 1 nitrogen and oxygen atoms in total. The first-order valence-corrected chi connectivity index (χ1v) is 7.27. The molecule has 0 aliphatic carbocycles. The van der Waals surface area contributed by atoms with Crippen molar-refractivity contribution in [1.29, 1.82) is 0 Å². The molecule has 3 rings (SSSR count). The molecule has 0 radical (unpaired) electrons. The summed E-state index contributed by atoms with van der Waals surface area (Å²) in [5.74, 6) is 0. The highest BCUT2D eigenvalue weighted by Gasteiger charge is 2.23. The summed E-state index contributed by atoms with van der Waals surface area (Å²) in [4.78, 5) is 0.855. The van der Waals surface area contributed by atoms with E-state index in [1.807, 2.05) is 12.1 Å². The first-order valence-electron chi connectivity index (χ1n) is 6.86. The molecule has 2 heteroatoms. The predicted octanol–water partition coefficient (Wildman–Crippen LogP) is 4.52. The van der Waals surface area contributed by atoms with Crippen molar-refractivity contribution in [1.82, 2.24) is 5.32 Å². The first-order chi connectivity index (χ1) is 9.75. The van der Waals surface area contributed by atoms with E-state index in [2.05, 4.69) is 60.8 Å². The second-order valence-corrected chi connectivity index (χ2v) is 5.57. The fourth-order valence-corrected chi connectivity index (χ4v) is 3.19. The average Bonchev–Trinajstić information content (AvgIpc) is 2.48. The Hall–Kier alpha value is -1.93. The molecule has 1 atom stereocenters. The van der Waals surface area contributed by atoms with Gasteiger partial charge in [0.2, 0.25) is 0 Å². The summed E-state index contributed by atoms with van der Waals surface area (Å²) in [6, 6.07) is 21.2. The number of thiocarbonyl (C=S) groups is 1. The third kappa shape index (κ3) is 2.52. The molecule has 2 aromatic carbocycles. The number of hydrogen-bond acceptors (Lipinski definition) is 1. The van der Waals surface area contributed by atoms with Gasteiger partial charge in [-0.1, -0.05) is 78.5 Å². The Morgan fingerprint density at radius 2 is 1.55 bits per heavy atom. The van der Waals surface area contributed by atoms with Gasteiger partial charge in [-0.05, 0) is 24.5 Å². The molecule has 0 saturated heterocycles. The highest BCUT2D eigenvalue weighted by molar-refractivity contribution is 7.81. The van der Waals surface area contributed by atoms with Crippen molar-refractivity contribution in [3.05, 3.63) is 77.4 Å². The van der Waals surface area contributed by atoms with Gasteiger partial charge in [0.05, 0.1) is 6.04 Å². The fourth-order valence-electron chi connectivity index (χ4n) is 2.75. The zero-order valence-corrected chi connectivity index (χ0v) is 12.3. The zero-order chi connectivity index (χ0) is 13.9. The van der Waals surface area contributed by atoms with Gasteiger partial charge >= 0.3 is 0 Å². The van der Waals surface area contributed by atoms with Crippen LogP contribution in [0, 0.1) is 0 Å². The van der Waals surface area contributed by atoms with Gasteiger partial charge in [-0.15, -0.1) is 0 Å². The Morgan fingerprint density at radius 1 is 0.950 bits per heavy atom. The Bertz CT molecular complexity index is 644. The van der Waals surface area contributed by atoms with Crippen LogP contribution in [-0.4, -0.2) is 4.99 Å². The molecule has 1 aliphatic heterocycles. The van der Waals surface area contributed by atoms with Crippen LogP contribution in [0.2, 0.25) is 0 Å². The van der Waals surface area contributed by atoms with Crippen LogP contribution in [0.15, 0.2) is 66.2 Å². The second-order valence-electron chi connectivity index (χ2n) is 5.16. The van der Waals surface area contributed by atoms with E-state index >= 15 is 0 Å². The van der Waals surface area contributed by atoms with E-state index in [4.69, 9.17) is 12.2 Å². The van der Waals surface area contributed by atoms with Gasteiger partial charge in [0.15, 0.2) is 0 Å². The molecule has 100 valence electrons. The summed E-state index contributed by atoms with van der Waals surface area (Å²) < 4.78 is 0. The molecule has 0 bridgehead atoms. The molecule has 0 spiro atoms. The Labute approximate surface area is 125 Å². The Kier molecular flexibility index (Phi) is 3.66. The molecule has 2 aromatic rings. The highest BCUT2D eigenvalue weighted by Crippen LogP contribution is 2.32. The lowest BCUT2D eigenvalue weighted by Crippen LogP contribution is -2.32. The Balaban J connectivity index is 1.94. The van der Waals surface area contributed by atoms with Gasteiger partial charge in [-0.2, -0.15) is 0 Å². The van der Waals surface area contributed by atoms with Gasteiger partial charge in [-0.3, -0.25) is 0 Å². The van der Waals surface area contributed by atoms with E-state index in [-0.39, 0.29) is 6.04 Å². The van der Waals surface area contributed by atoms with Crippen LogP contribution in [0.3, 0.4) is 0 Å². The van der Waals surface area contributed by atoms with Gasteiger partial charge in [0, 0.05) is 5.57 Å². The minimum absolute atomic E-state index is 0.288. The van der Waals surface area contributed by atoms with E-state index in [0.717, 1.165) is 11.4 Å². The number of rotatable bonds is 2. The smallest absolute Gasteiger partial charge is 0.107 e. The monoisotopic (exact) mass is 279 g/mol. The molecule has 1 heterocycles. The number of nitrogens with one attached hydrogen (secondary N) is 1. The molecule has 1 N–H and O–H groups in total. The zero-order valence-electron chi connectivity index (χ0n) is 11.5. The van der Waals surface area contributed by atoms with Crippen molar-refractivity contribution in [2.75, 3.05) is 0 Å². The van der Waals surface area contributed by atoms with E-state index in [1.54, 1.807) is 0 Å². The van der Waals surface area contributed by atoms with Crippen molar-refractivity contribution in [3.63, 3.8) is 0 Å². The summed E-state index contributed by atoms with van der Waals surface area (Å²) in [7, 11) is 0. The minimum atomic E-state index is 0.288. The maximum Gasteiger partial charge on any atom is 0.107 e. The van der Waals surface area contributed by atoms with Crippen molar-refractivity contribution in [3.8, 4) is 0 Å². The van der Waals surface area contributed by atoms with Crippen LogP contribution in [0.4, 0.5) is 0 Å². The minimum Gasteiger partial charge on any atom is -0.369 e. The molecule has 1 aliphatic rings. The molecular formula is C18H17NS. The average molecular weight is 279 g/mol. The van der Waals surface area contributed by atoms with Gasteiger partial charge in [0.1, 0.15) is 4.99 Å². The predicted molar refractivity (Wildman–Crippen MR) is 88.6 cm³/mol. The van der Waals surface area contributed by atoms with Gasteiger partial charge in [-0.25, -0.2) is 0 Å². The van der Waals surface area contributed by atoms with Crippen molar-refractivity contribution in [2.24, 2.45) is 0 Å². The van der Waals surface area contributed by atoms with Gasteiger partial charge in [0.25, 0.3) is 0 Å². The molecule has 0 unspecified atom stereocenters. The van der Waals surface area contributed by atoms with Crippen LogP contribution in [0.25, 0.3) is 5.57 Å². The lowest BCUT2D eigenvalue weighted by atomic mass is 9.89. The normalized spacial score (nSPS) is 18.9. The second kappa shape index (κ2) is 5.59. The van der Waals surface area contributed by atoms with Gasteiger partial charge < -0.3 is 5.32 Å². The lowest BCUT2D eigenvalue weighted by molar-refractivity contribution is 0.636. The van der Waals surface area contributed by atoms with E-state index in [9.17, 15) is 0 Å². The molecule has 0 aromatic heterocycles. The number of hydrogen-bond donors (Lipinski definition) is 1. The highest BCUT2D eigenvalue weighted by atomic mass is 32.1. The number of benzene rings is 2. The van der Waals surface area contributed by atoms with Crippen molar-refractivity contribution >= 4 is 22.8 Å². The maximum atomic E-state index is 5.59. The molecular weight excluding hydrogens is 262 g/mol. The SMILES string of the molecule is CC1=C(c2ccccc2)C(=S)N[C@H](c2ccccc2)C1. The molecule has 20 heavy (non-hydrogen) atoms. The maximum absolute atomic E-state index is 5.59. The standard InChI is InChI=1S/C18H17NS/c1-13-12-16(14-8-4-2-5-9-14)19-18(20)17(13)15-10-6-3-7-11-15/h2-11,16H,12H2,1H3,(H,19,20)/t16-/m0/s1. The van der Waals surface area contributed by atoms with Crippen LogP contribution < -0.4 is 5.32 Å². The van der Waals surface area contributed by atoms with E-state index in [0.29, 0.717) is 0 Å². The lowest BCUT2D eigenvalue weighted by Gasteiger charge is -2.29. The summed E-state index contributed by atoms with van der Waals surface area (Å²) in [6.45, 7) is 2.19. The summed E-state index contributed by atoms with van der Waals surface area (Å²) in [5.41, 5.74) is 5.04. The third-order valence-corrected chi connectivity index (χ3v) is 4.06. The van der Waals surface area contributed by atoms with Crippen LogP contribution in [0.5, 0.6) is 0 Å². The molecule has 0 amide bonds. The van der Waals surface area contributed by atoms with Crippen molar-refractivity contribution < 1.29 is 0 Å². The quantitative estimate of drug-likeness (QED) is 0.811. The molecule has 0 saturated carbocycles. The Morgan fingerprint density at radius 3 is 2.15 bits per heavy atom. The first kappa shape index (κ1) is 13.1. The van der Waals surface area contributed by atoms with Crippen molar-refractivity contribution in [2.45, 2.75) is 19.4 Å². The molecule has 0 fully saturated rings. The van der Waals surface area contributed by atoms with E-state index < -0.39 is 0 Å². The van der Waals surface area contributed by atoms with Crippen LogP contribution >= 0.6 is 12.2 Å². The largest absolute Gasteiger partial charge is 0.369 e. The summed E-state index contributed by atoms with van der Waals surface area (Å²) in [5, 5.41) is 3.49. The summed E-state index contributed by atoms with van der Waals surface area (Å²) in [6.07, 6.45) is 0.994. The third-order valence-electron chi connectivity index (χ3n) is 3.73. The topological polar surface area (TPSA) is 12.0 Å². The van der Waals surface area contributed by atoms with Crippen LogP contribution in [0.1, 0.15) is 30.5 Å². The van der Waals surface area contributed by atoms with Crippen LogP contribution in [-0.2, 0) is 0 Å². The fraction of sp³-hybridized carbons (Fsp3) is 0.167. The summed E-state index contributed by atoms with van der Waals surface area (Å²) >= 11 is 5.59. The van der Waals surface area contributed by atoms with E-state index in [1.165, 1.54) is 22.3 Å².